The van der Waals surface area contributed by atoms with Crippen LogP contribution in [0.25, 0.3) is 11.0 Å². The lowest BCUT2D eigenvalue weighted by Crippen LogP contribution is -2.50. The van der Waals surface area contributed by atoms with E-state index in [9.17, 15) is 22.8 Å². The van der Waals surface area contributed by atoms with E-state index >= 15 is 0 Å². The van der Waals surface area contributed by atoms with Crippen molar-refractivity contribution in [2.45, 2.75) is 45.5 Å². The van der Waals surface area contributed by atoms with E-state index in [0.717, 1.165) is 41.8 Å². The molecule has 3 heterocycles. The van der Waals surface area contributed by atoms with Gasteiger partial charge in [-0.05, 0) is 68.8 Å². The van der Waals surface area contributed by atoms with Gasteiger partial charge in [-0.25, -0.2) is 4.79 Å². The summed E-state index contributed by atoms with van der Waals surface area (Å²) in [5.41, 5.74) is 8.95. The molecule has 1 fully saturated rings. The summed E-state index contributed by atoms with van der Waals surface area (Å²) in [6, 6.07) is 8.39. The predicted molar refractivity (Wildman–Crippen MR) is 141 cm³/mol. The van der Waals surface area contributed by atoms with Gasteiger partial charge < -0.3 is 24.9 Å². The van der Waals surface area contributed by atoms with Crippen molar-refractivity contribution >= 4 is 28.3 Å². The molecule has 2 aliphatic heterocycles. The highest BCUT2D eigenvalue weighted by Gasteiger charge is 2.31. The molecular weight excluding hydrogens is 497 g/mol. The largest absolute Gasteiger partial charge is 0.422 e. The van der Waals surface area contributed by atoms with E-state index < -0.39 is 24.1 Å². The van der Waals surface area contributed by atoms with Gasteiger partial charge >= 0.3 is 11.8 Å². The molecule has 2 aromatic carbocycles. The van der Waals surface area contributed by atoms with Crippen molar-refractivity contribution in [2.24, 2.45) is 0 Å². The van der Waals surface area contributed by atoms with E-state index in [-0.39, 0.29) is 23.4 Å². The van der Waals surface area contributed by atoms with Gasteiger partial charge in [0, 0.05) is 60.1 Å². The molecule has 1 atom stereocenters. The summed E-state index contributed by atoms with van der Waals surface area (Å²) in [5.74, 6) is -0.450. The normalized spacial score (nSPS) is 18.6. The van der Waals surface area contributed by atoms with Crippen LogP contribution >= 0.6 is 0 Å². The average Bonchev–Trinajstić information content (AvgIpc) is 2.86. The van der Waals surface area contributed by atoms with Crippen LogP contribution in [0.2, 0.25) is 0 Å². The molecule has 0 radical (unpaired) electrons. The van der Waals surface area contributed by atoms with E-state index in [0.29, 0.717) is 30.2 Å². The topological polar surface area (TPSA) is 83.0 Å². The molecule has 0 unspecified atom stereocenters. The van der Waals surface area contributed by atoms with Crippen LogP contribution < -0.4 is 16.3 Å². The third-order valence-corrected chi connectivity index (χ3v) is 7.86. The SMILES string of the molecule is Cc1c(N2CCN(C)[C@@H](C)C2)ccc2c3c(c(=O)oc12)CN(C(=O)c1ccc(N)c(CC(F)(F)F)c1)CC3. The molecule has 5 rings (SSSR count). The maximum Gasteiger partial charge on any atom is 0.393 e. The minimum Gasteiger partial charge on any atom is -0.422 e. The molecule has 1 saturated heterocycles. The van der Waals surface area contributed by atoms with Crippen molar-refractivity contribution in [3.05, 3.63) is 68.6 Å². The number of likely N-dealkylation sites (N-methyl/N-ethyl adjacent to an activating group) is 1. The van der Waals surface area contributed by atoms with Gasteiger partial charge in [-0.15, -0.1) is 0 Å². The lowest BCUT2D eigenvalue weighted by atomic mass is 9.95. The van der Waals surface area contributed by atoms with Crippen LogP contribution in [0.15, 0.2) is 39.5 Å². The predicted octanol–water partition coefficient (Wildman–Crippen LogP) is 4.13. The first-order valence-electron chi connectivity index (χ1n) is 12.7. The minimum atomic E-state index is -4.44. The van der Waals surface area contributed by atoms with Gasteiger partial charge in [0.25, 0.3) is 5.91 Å². The summed E-state index contributed by atoms with van der Waals surface area (Å²) in [5, 5.41) is 0.857. The Bertz CT molecular complexity index is 1470. The van der Waals surface area contributed by atoms with Crippen LogP contribution in [0.3, 0.4) is 0 Å². The Labute approximate surface area is 218 Å². The fourth-order valence-corrected chi connectivity index (χ4v) is 5.53. The molecule has 0 spiro atoms. The number of halogens is 3. The number of aryl methyl sites for hydroxylation is 1. The number of hydrogen-bond acceptors (Lipinski definition) is 6. The van der Waals surface area contributed by atoms with Crippen molar-refractivity contribution < 1.29 is 22.4 Å². The van der Waals surface area contributed by atoms with Crippen molar-refractivity contribution in [3.8, 4) is 0 Å². The third-order valence-electron chi connectivity index (χ3n) is 7.86. The standard InChI is InChI=1S/C28H31F3N4O3/c1-16-14-34(11-10-33(16)3)24-7-5-21-20-8-9-35(15-22(20)27(37)38-25(21)17(24)2)26(36)18-4-6-23(32)19(12-18)13-28(29,30)31/h4-7,12,16H,8-11,13-15,32H2,1-3H3/t16-/m0/s1. The Morgan fingerprint density at radius 2 is 1.89 bits per heavy atom. The van der Waals surface area contributed by atoms with E-state index in [2.05, 4.69) is 29.8 Å². The molecule has 202 valence electrons. The highest BCUT2D eigenvalue weighted by atomic mass is 19.4. The number of amides is 1. The van der Waals surface area contributed by atoms with Crippen LogP contribution in [0.4, 0.5) is 24.5 Å². The van der Waals surface area contributed by atoms with Crippen LogP contribution in [-0.4, -0.2) is 61.2 Å². The van der Waals surface area contributed by atoms with Gasteiger partial charge in [0.05, 0.1) is 18.5 Å². The fourth-order valence-electron chi connectivity index (χ4n) is 5.53. The van der Waals surface area contributed by atoms with E-state index in [1.165, 1.54) is 23.1 Å². The van der Waals surface area contributed by atoms with Crippen LogP contribution in [0, 0.1) is 6.92 Å². The lowest BCUT2D eigenvalue weighted by Gasteiger charge is -2.39. The summed E-state index contributed by atoms with van der Waals surface area (Å²) in [6.45, 7) is 7.23. The Balaban J connectivity index is 1.43. The molecule has 38 heavy (non-hydrogen) atoms. The Morgan fingerprint density at radius 3 is 2.61 bits per heavy atom. The number of carbonyl (C=O) groups excluding carboxylic acids is 1. The molecule has 10 heteroatoms. The van der Waals surface area contributed by atoms with Gasteiger partial charge in [-0.1, -0.05) is 0 Å². The van der Waals surface area contributed by atoms with E-state index in [1.54, 1.807) is 0 Å². The lowest BCUT2D eigenvalue weighted by molar-refractivity contribution is -0.127. The van der Waals surface area contributed by atoms with Crippen molar-refractivity contribution in [1.29, 1.82) is 0 Å². The van der Waals surface area contributed by atoms with Crippen molar-refractivity contribution in [2.75, 3.05) is 43.9 Å². The summed E-state index contributed by atoms with van der Waals surface area (Å²) < 4.78 is 44.6. The molecule has 7 nitrogen and oxygen atoms in total. The second-order valence-electron chi connectivity index (χ2n) is 10.4. The number of nitrogen functional groups attached to an aromatic ring is 1. The van der Waals surface area contributed by atoms with Gasteiger partial charge in [0.1, 0.15) is 5.58 Å². The third kappa shape index (κ3) is 4.84. The van der Waals surface area contributed by atoms with E-state index in [4.69, 9.17) is 10.2 Å². The number of anilines is 2. The molecule has 0 aliphatic carbocycles. The average molecular weight is 529 g/mol. The number of piperazine rings is 1. The molecule has 3 aromatic rings. The quantitative estimate of drug-likeness (QED) is 0.407. The molecule has 2 N–H and O–H groups in total. The van der Waals surface area contributed by atoms with Crippen molar-refractivity contribution in [1.82, 2.24) is 9.80 Å². The van der Waals surface area contributed by atoms with Crippen LogP contribution in [-0.2, 0) is 19.4 Å². The summed E-state index contributed by atoms with van der Waals surface area (Å²) in [7, 11) is 2.11. The Morgan fingerprint density at radius 1 is 1.13 bits per heavy atom. The number of benzene rings is 2. The van der Waals surface area contributed by atoms with Crippen molar-refractivity contribution in [3.63, 3.8) is 0 Å². The second-order valence-corrected chi connectivity index (χ2v) is 10.4. The number of fused-ring (bicyclic) bond motifs is 3. The Kier molecular flexibility index (Phi) is 6.63. The number of rotatable bonds is 3. The first kappa shape index (κ1) is 26.1. The smallest absolute Gasteiger partial charge is 0.393 e. The van der Waals surface area contributed by atoms with E-state index in [1.807, 2.05) is 13.0 Å². The summed E-state index contributed by atoms with van der Waals surface area (Å²) in [4.78, 5) is 32.4. The molecule has 0 saturated carbocycles. The number of alkyl halides is 3. The molecule has 1 amide bonds. The van der Waals surface area contributed by atoms with Gasteiger partial charge in [-0.3, -0.25) is 4.79 Å². The Hall–Kier alpha value is -3.53. The van der Waals surface area contributed by atoms with Gasteiger partial charge in [0.15, 0.2) is 0 Å². The monoisotopic (exact) mass is 528 g/mol. The number of hydrogen-bond donors (Lipinski definition) is 1. The highest BCUT2D eigenvalue weighted by molar-refractivity contribution is 5.95. The van der Waals surface area contributed by atoms with Crippen LogP contribution in [0.5, 0.6) is 0 Å². The maximum atomic E-state index is 13.2. The number of nitrogens with two attached hydrogens (primary N) is 1. The zero-order valence-corrected chi connectivity index (χ0v) is 21.7. The second kappa shape index (κ2) is 9.65. The maximum absolute atomic E-state index is 13.2. The van der Waals surface area contributed by atoms with Gasteiger partial charge in [0.2, 0.25) is 0 Å². The molecule has 1 aromatic heterocycles. The highest BCUT2D eigenvalue weighted by Crippen LogP contribution is 2.34. The van der Waals surface area contributed by atoms with Gasteiger partial charge in [-0.2, -0.15) is 13.2 Å². The number of carbonyl (C=O) groups is 1. The first-order valence-corrected chi connectivity index (χ1v) is 12.7. The molecular formula is C28H31F3N4O3. The fraction of sp³-hybridized carbons (Fsp3) is 0.429. The van der Waals surface area contributed by atoms with Crippen LogP contribution in [0.1, 0.15) is 39.5 Å². The number of nitrogens with zero attached hydrogens (tertiary/aromatic N) is 3. The zero-order chi connectivity index (χ0) is 27.4. The molecule has 0 bridgehead atoms. The summed E-state index contributed by atoms with van der Waals surface area (Å²) in [6.07, 6.45) is -5.22. The first-order chi connectivity index (χ1) is 17.9. The molecule has 2 aliphatic rings. The minimum absolute atomic E-state index is 0.0178. The zero-order valence-electron chi connectivity index (χ0n) is 21.7. The summed E-state index contributed by atoms with van der Waals surface area (Å²) >= 11 is 0.